The average molecular weight is 901 g/mol. The minimum atomic E-state index is -1.40. The van der Waals surface area contributed by atoms with Crippen molar-refractivity contribution in [1.29, 1.82) is 0 Å². The van der Waals surface area contributed by atoms with Crippen LogP contribution in [0.3, 0.4) is 0 Å². The SMILES string of the molecule is CCC(C(=O)[C@@H](C)[C@@H](O)[C@H](C)[C@@H]1O[C@@H](C(CC)C(=O)O)CC[C@@H]1C)[C@H]1O[C@]2(C=C[C@@H](NC(=O)OCC3N=CC=CC3C)[C@]3(CC[C@@](C)([C@H]4CC[C@](O)(CC)[C@H](C)O4)O3)O2)[C@H](C)C[C@@H]1C. The minimum absolute atomic E-state index is 0.0385. The zero-order chi connectivity index (χ0) is 46.9. The number of carbonyl (C=O) groups is 3. The van der Waals surface area contributed by atoms with Crippen LogP contribution in [0.1, 0.15) is 140 Å². The summed E-state index contributed by atoms with van der Waals surface area (Å²) in [6.07, 6.45) is 11.2. The van der Waals surface area contributed by atoms with Gasteiger partial charge in [-0.05, 0) is 95.6 Å². The Morgan fingerprint density at radius 3 is 2.27 bits per heavy atom. The largest absolute Gasteiger partial charge is 0.481 e. The fourth-order valence-electron chi connectivity index (χ4n) is 11.8. The van der Waals surface area contributed by atoms with E-state index in [0.717, 1.165) is 6.42 Å². The minimum Gasteiger partial charge on any atom is -0.481 e. The van der Waals surface area contributed by atoms with Gasteiger partial charge in [-0.3, -0.25) is 14.6 Å². The molecule has 14 heteroatoms. The second-order valence-corrected chi connectivity index (χ2v) is 20.8. The average Bonchev–Trinajstić information content (AvgIpc) is 3.61. The number of aliphatic hydroxyl groups is 2. The second-order valence-electron chi connectivity index (χ2n) is 20.8. The number of alkyl carbamates (subject to hydrolysis) is 1. The molecule has 2 spiro atoms. The van der Waals surface area contributed by atoms with Crippen LogP contribution in [0.15, 0.2) is 29.3 Å². The summed E-state index contributed by atoms with van der Waals surface area (Å²) in [5.41, 5.74) is -1.76. The van der Waals surface area contributed by atoms with E-state index in [9.17, 15) is 29.7 Å². The number of hydrogen-bond acceptors (Lipinski definition) is 12. The molecule has 362 valence electrons. The monoisotopic (exact) mass is 901 g/mol. The number of aliphatic carboxylic acids is 1. The molecule has 0 aliphatic carbocycles. The molecule has 4 unspecified atom stereocenters. The molecule has 0 aromatic heterocycles. The Morgan fingerprint density at radius 1 is 0.906 bits per heavy atom. The van der Waals surface area contributed by atoms with E-state index in [4.69, 9.17) is 28.4 Å². The van der Waals surface area contributed by atoms with Crippen LogP contribution >= 0.6 is 0 Å². The van der Waals surface area contributed by atoms with E-state index in [1.165, 1.54) is 0 Å². The van der Waals surface area contributed by atoms with E-state index in [0.29, 0.717) is 57.8 Å². The van der Waals surface area contributed by atoms with Crippen LogP contribution < -0.4 is 5.32 Å². The molecule has 0 aromatic rings. The summed E-state index contributed by atoms with van der Waals surface area (Å²) in [5, 5.41) is 36.1. The van der Waals surface area contributed by atoms with Gasteiger partial charge in [0.2, 0.25) is 0 Å². The maximum atomic E-state index is 14.7. The Balaban J connectivity index is 1.23. The lowest BCUT2D eigenvalue weighted by Gasteiger charge is -2.55. The molecule has 20 atom stereocenters. The number of carbonyl (C=O) groups excluding carboxylic acids is 2. The van der Waals surface area contributed by atoms with Crippen LogP contribution in [-0.2, 0) is 38.0 Å². The van der Waals surface area contributed by atoms with E-state index >= 15 is 0 Å². The van der Waals surface area contributed by atoms with E-state index in [1.807, 2.05) is 72.8 Å². The number of ether oxygens (including phenoxy) is 6. The number of allylic oxidation sites excluding steroid dienone is 1. The number of aliphatic hydroxyl groups excluding tert-OH is 1. The zero-order valence-corrected chi connectivity index (χ0v) is 40.4. The lowest BCUT2D eigenvalue weighted by atomic mass is 9.72. The van der Waals surface area contributed by atoms with Crippen LogP contribution in [0.25, 0.3) is 0 Å². The number of rotatable bonds is 15. The van der Waals surface area contributed by atoms with Crippen molar-refractivity contribution in [2.24, 2.45) is 52.3 Å². The van der Waals surface area contributed by atoms with Gasteiger partial charge in [-0.2, -0.15) is 0 Å². The first-order valence-electron chi connectivity index (χ1n) is 24.6. The van der Waals surface area contributed by atoms with Crippen molar-refractivity contribution >= 4 is 24.1 Å². The molecule has 6 rings (SSSR count). The molecule has 0 bridgehead atoms. The maximum Gasteiger partial charge on any atom is 0.407 e. The fraction of sp³-hybridized carbons (Fsp3) is 0.840. The van der Waals surface area contributed by atoms with Gasteiger partial charge >= 0.3 is 12.1 Å². The van der Waals surface area contributed by atoms with Crippen LogP contribution in [0.5, 0.6) is 0 Å². The van der Waals surface area contributed by atoms with Gasteiger partial charge < -0.3 is 49.1 Å². The quantitative estimate of drug-likeness (QED) is 0.118. The topological polar surface area (TPSA) is 192 Å². The molecule has 4 saturated heterocycles. The molecule has 0 saturated carbocycles. The number of nitrogens with zero attached hydrogens (tertiary/aromatic N) is 1. The number of amides is 1. The first-order chi connectivity index (χ1) is 30.2. The van der Waals surface area contributed by atoms with Crippen LogP contribution in [0.2, 0.25) is 0 Å². The standard InChI is InChI=1S/C50H80N2O12/c1-12-35(45(55)56)38-18-17-29(5)43(61-38)33(9)41(53)32(8)42(54)36(13-2)44-30(6)26-31(7)49(62-44)22-19-39(52-46(57)59-27-37-28(4)16-15-25-51-37)50(64-49)24-23-47(11,63-50)40-20-21-48(58,14-3)34(10)60-40/h15-16,19,22,25,28-41,43-44,53,58H,12-14,17-18,20-21,23-24,26-27H2,1-11H3,(H,52,57)(H,55,56)/t28?,29-,30-,31+,32-,33-,34-,35?,36?,37?,38+,39+,40+,41+,43+,44-,47-,48+,49-,50-/m0/s1. The van der Waals surface area contributed by atoms with E-state index in [-0.39, 0.29) is 48.2 Å². The molecule has 1 amide bonds. The Morgan fingerprint density at radius 2 is 1.62 bits per heavy atom. The van der Waals surface area contributed by atoms with E-state index < -0.39 is 95.1 Å². The summed E-state index contributed by atoms with van der Waals surface area (Å²) in [6, 6.07) is -0.968. The third-order valence-corrected chi connectivity index (χ3v) is 16.5. The summed E-state index contributed by atoms with van der Waals surface area (Å²) >= 11 is 0. The maximum absolute atomic E-state index is 14.7. The molecular formula is C50H80N2O12. The van der Waals surface area contributed by atoms with Gasteiger partial charge in [0, 0.05) is 42.2 Å². The van der Waals surface area contributed by atoms with Gasteiger partial charge in [0.15, 0.2) is 11.6 Å². The van der Waals surface area contributed by atoms with Gasteiger partial charge in [0.1, 0.15) is 18.4 Å². The summed E-state index contributed by atoms with van der Waals surface area (Å²) in [6.45, 7) is 21.7. The summed E-state index contributed by atoms with van der Waals surface area (Å²) in [5.74, 6) is -6.11. The molecule has 4 N–H and O–H groups in total. The number of dihydropyridines is 1. The molecule has 6 aliphatic rings. The van der Waals surface area contributed by atoms with Crippen molar-refractivity contribution in [3.05, 3.63) is 24.3 Å². The Labute approximate surface area is 381 Å². The fourth-order valence-corrected chi connectivity index (χ4v) is 11.8. The number of Topliss-reactive ketones (excluding diaryl/α,β-unsaturated/α-hetero) is 1. The van der Waals surface area contributed by atoms with Crippen molar-refractivity contribution in [3.63, 3.8) is 0 Å². The predicted octanol–water partition coefficient (Wildman–Crippen LogP) is 7.57. The van der Waals surface area contributed by atoms with Gasteiger partial charge in [-0.1, -0.05) is 74.5 Å². The molecule has 6 heterocycles. The highest BCUT2D eigenvalue weighted by Gasteiger charge is 2.63. The number of aliphatic imine (C=N–C) groups is 1. The third-order valence-electron chi connectivity index (χ3n) is 16.5. The number of hydrogen-bond donors (Lipinski definition) is 4. The van der Waals surface area contributed by atoms with Crippen molar-refractivity contribution in [1.82, 2.24) is 5.32 Å². The summed E-state index contributed by atoms with van der Waals surface area (Å²) < 4.78 is 40.3. The lowest BCUT2D eigenvalue weighted by Crippen LogP contribution is -2.65. The van der Waals surface area contributed by atoms with Crippen LogP contribution in [-0.4, -0.2) is 117 Å². The molecule has 0 radical (unpaired) electrons. The predicted molar refractivity (Wildman–Crippen MR) is 241 cm³/mol. The molecule has 14 nitrogen and oxygen atoms in total. The molecule has 0 aromatic carbocycles. The first-order valence-corrected chi connectivity index (χ1v) is 24.6. The molecule has 6 aliphatic heterocycles. The van der Waals surface area contributed by atoms with Gasteiger partial charge in [-0.15, -0.1) is 0 Å². The second kappa shape index (κ2) is 20.2. The third kappa shape index (κ3) is 10.1. The Kier molecular flexibility index (Phi) is 16.0. The van der Waals surface area contributed by atoms with Crippen molar-refractivity contribution in [2.75, 3.05) is 6.61 Å². The first kappa shape index (κ1) is 50.7. The number of ketones is 1. The number of carboxylic acid groups (broad SMARTS) is 1. The number of carboxylic acids is 1. The number of nitrogens with one attached hydrogen (secondary N) is 1. The Hall–Kier alpha value is -2.72. The van der Waals surface area contributed by atoms with Crippen LogP contribution in [0.4, 0.5) is 4.79 Å². The smallest absolute Gasteiger partial charge is 0.407 e. The van der Waals surface area contributed by atoms with E-state index in [1.54, 1.807) is 13.1 Å². The van der Waals surface area contributed by atoms with Gasteiger partial charge in [0.25, 0.3) is 0 Å². The lowest BCUT2D eigenvalue weighted by molar-refractivity contribution is -0.398. The van der Waals surface area contributed by atoms with Crippen molar-refractivity contribution < 1.29 is 58.1 Å². The summed E-state index contributed by atoms with van der Waals surface area (Å²) in [7, 11) is 0. The van der Waals surface area contributed by atoms with Gasteiger partial charge in [0.05, 0.1) is 59.8 Å². The highest BCUT2D eigenvalue weighted by Crippen LogP contribution is 2.54. The van der Waals surface area contributed by atoms with Crippen LogP contribution in [0, 0.1) is 47.3 Å². The molecular weight excluding hydrogens is 821 g/mol. The van der Waals surface area contributed by atoms with Gasteiger partial charge in [-0.25, -0.2) is 4.79 Å². The summed E-state index contributed by atoms with van der Waals surface area (Å²) in [4.78, 5) is 44.8. The highest BCUT2D eigenvalue weighted by molar-refractivity contribution is 5.84. The van der Waals surface area contributed by atoms with E-state index in [2.05, 4.69) is 31.1 Å². The van der Waals surface area contributed by atoms with Crippen molar-refractivity contribution in [2.45, 2.75) is 212 Å². The molecule has 4 fully saturated rings. The molecule has 64 heavy (non-hydrogen) atoms. The normalized spacial score (nSPS) is 43.4. The zero-order valence-electron chi connectivity index (χ0n) is 40.4. The highest BCUT2D eigenvalue weighted by atomic mass is 16.8. The Bertz CT molecular complexity index is 1740. The van der Waals surface area contributed by atoms with Crippen molar-refractivity contribution in [3.8, 4) is 0 Å².